The van der Waals surface area contributed by atoms with E-state index in [1.54, 1.807) is 0 Å². The zero-order chi connectivity index (χ0) is 10.9. The van der Waals surface area contributed by atoms with Crippen molar-refractivity contribution in [1.82, 2.24) is 0 Å². The topological polar surface area (TPSA) is 9.23 Å². The first kappa shape index (κ1) is 12.6. The molecule has 1 nitrogen and oxygen atoms in total. The van der Waals surface area contributed by atoms with Crippen LogP contribution in [-0.2, 0) is 4.74 Å². The Kier molecular flexibility index (Phi) is 6.54. The summed E-state index contributed by atoms with van der Waals surface area (Å²) < 4.78 is 5.79. The first-order valence-corrected chi connectivity index (χ1v) is 6.64. The Morgan fingerprint density at radius 3 is 2.87 bits per heavy atom. The summed E-state index contributed by atoms with van der Waals surface area (Å²) in [4.78, 5) is 0. The van der Waals surface area contributed by atoms with E-state index < -0.39 is 0 Å². The molecule has 0 saturated carbocycles. The van der Waals surface area contributed by atoms with Crippen LogP contribution >= 0.6 is 0 Å². The van der Waals surface area contributed by atoms with Crippen LogP contribution in [0, 0.1) is 5.92 Å². The van der Waals surface area contributed by atoms with Crippen LogP contribution in [0.5, 0.6) is 0 Å². The van der Waals surface area contributed by atoms with Crippen LogP contribution in [0.1, 0.15) is 65.2 Å². The van der Waals surface area contributed by atoms with E-state index in [1.165, 1.54) is 57.1 Å². The van der Waals surface area contributed by atoms with Gasteiger partial charge in [0.15, 0.2) is 0 Å². The molecule has 1 heteroatoms. The minimum absolute atomic E-state index is 0.828. The van der Waals surface area contributed by atoms with Gasteiger partial charge in [-0.15, -0.1) is 0 Å². The molecular weight excluding hydrogens is 184 g/mol. The first-order chi connectivity index (χ1) is 7.33. The molecule has 1 aliphatic rings. The molecule has 0 spiro atoms. The number of hydrogen-bond acceptors (Lipinski definition) is 1. The zero-order valence-corrected chi connectivity index (χ0v) is 10.4. The number of rotatable bonds is 7. The van der Waals surface area contributed by atoms with Crippen LogP contribution in [0.15, 0.2) is 11.8 Å². The molecule has 0 fully saturated rings. The molecule has 1 unspecified atom stereocenters. The van der Waals surface area contributed by atoms with E-state index in [1.807, 2.05) is 0 Å². The van der Waals surface area contributed by atoms with Crippen molar-refractivity contribution in [3.63, 3.8) is 0 Å². The third-order valence-electron chi connectivity index (χ3n) is 3.20. The minimum Gasteiger partial charge on any atom is -0.498 e. The van der Waals surface area contributed by atoms with Crippen molar-refractivity contribution in [1.29, 1.82) is 0 Å². The second-order valence-corrected chi connectivity index (χ2v) is 4.80. The van der Waals surface area contributed by atoms with Crippen LogP contribution in [0.3, 0.4) is 0 Å². The summed E-state index contributed by atoms with van der Waals surface area (Å²) in [6.45, 7) is 5.53. The molecule has 1 rings (SSSR count). The second kappa shape index (κ2) is 7.78. The van der Waals surface area contributed by atoms with Gasteiger partial charge in [0.2, 0.25) is 0 Å². The third-order valence-corrected chi connectivity index (χ3v) is 3.20. The number of ether oxygens (including phenoxy) is 1. The number of unbranched alkanes of at least 4 members (excludes halogenated alkanes) is 1. The zero-order valence-electron chi connectivity index (χ0n) is 10.4. The van der Waals surface area contributed by atoms with Gasteiger partial charge in [-0.05, 0) is 37.7 Å². The predicted octanol–water partition coefficient (Wildman–Crippen LogP) is 4.68. The van der Waals surface area contributed by atoms with Crippen molar-refractivity contribution < 1.29 is 4.74 Å². The van der Waals surface area contributed by atoms with E-state index in [2.05, 4.69) is 19.9 Å². The van der Waals surface area contributed by atoms with E-state index >= 15 is 0 Å². The molecular formula is C14H26O. The summed E-state index contributed by atoms with van der Waals surface area (Å²) in [7, 11) is 0. The average Bonchev–Trinajstić information content (AvgIpc) is 2.28. The summed E-state index contributed by atoms with van der Waals surface area (Å²) in [6, 6.07) is 0. The van der Waals surface area contributed by atoms with Crippen molar-refractivity contribution in [2.75, 3.05) is 6.61 Å². The SMILES string of the molecule is CCCCC(C)CCOC1=CCCCC1. The summed E-state index contributed by atoms with van der Waals surface area (Å²) in [5, 5.41) is 0. The summed E-state index contributed by atoms with van der Waals surface area (Å²) in [6.07, 6.45) is 12.6. The fourth-order valence-electron chi connectivity index (χ4n) is 2.03. The highest BCUT2D eigenvalue weighted by Crippen LogP contribution is 2.19. The van der Waals surface area contributed by atoms with E-state index in [4.69, 9.17) is 4.74 Å². The monoisotopic (exact) mass is 210 g/mol. The molecule has 0 N–H and O–H groups in total. The van der Waals surface area contributed by atoms with Gasteiger partial charge in [-0.3, -0.25) is 0 Å². The molecule has 0 amide bonds. The lowest BCUT2D eigenvalue weighted by atomic mass is 10.0. The molecule has 0 radical (unpaired) electrons. The lowest BCUT2D eigenvalue weighted by molar-refractivity contribution is 0.176. The van der Waals surface area contributed by atoms with Gasteiger partial charge < -0.3 is 4.74 Å². The number of allylic oxidation sites excluding steroid dienone is 2. The lowest BCUT2D eigenvalue weighted by Crippen LogP contribution is -2.03. The lowest BCUT2D eigenvalue weighted by Gasteiger charge is -2.16. The van der Waals surface area contributed by atoms with Crippen LogP contribution in [0.2, 0.25) is 0 Å². The Hall–Kier alpha value is -0.460. The summed E-state index contributed by atoms with van der Waals surface area (Å²) >= 11 is 0. The standard InChI is InChI=1S/C14H26O/c1-3-4-8-13(2)11-12-15-14-9-6-5-7-10-14/h9,13H,3-8,10-12H2,1-2H3. The van der Waals surface area contributed by atoms with Crippen LogP contribution in [0.25, 0.3) is 0 Å². The minimum atomic E-state index is 0.828. The Balaban J connectivity index is 2.02. The maximum atomic E-state index is 5.79. The van der Waals surface area contributed by atoms with Gasteiger partial charge in [0.25, 0.3) is 0 Å². The van der Waals surface area contributed by atoms with Crippen molar-refractivity contribution in [3.05, 3.63) is 11.8 Å². The highest BCUT2D eigenvalue weighted by atomic mass is 16.5. The molecule has 0 aromatic heterocycles. The van der Waals surface area contributed by atoms with Gasteiger partial charge in [0, 0.05) is 6.42 Å². The van der Waals surface area contributed by atoms with Crippen LogP contribution in [0.4, 0.5) is 0 Å². The molecule has 88 valence electrons. The van der Waals surface area contributed by atoms with E-state index in [9.17, 15) is 0 Å². The van der Waals surface area contributed by atoms with Crippen molar-refractivity contribution in [3.8, 4) is 0 Å². The fourth-order valence-corrected chi connectivity index (χ4v) is 2.03. The molecule has 1 aliphatic carbocycles. The van der Waals surface area contributed by atoms with Crippen molar-refractivity contribution in [2.45, 2.75) is 65.2 Å². The number of hydrogen-bond donors (Lipinski definition) is 0. The van der Waals surface area contributed by atoms with Crippen LogP contribution < -0.4 is 0 Å². The molecule has 1 atom stereocenters. The summed E-state index contributed by atoms with van der Waals surface area (Å²) in [5.41, 5.74) is 0. The Morgan fingerprint density at radius 2 is 2.20 bits per heavy atom. The molecule has 0 aliphatic heterocycles. The van der Waals surface area contributed by atoms with E-state index in [-0.39, 0.29) is 0 Å². The van der Waals surface area contributed by atoms with Gasteiger partial charge in [-0.1, -0.05) is 33.1 Å². The molecule has 0 aromatic carbocycles. The van der Waals surface area contributed by atoms with Crippen molar-refractivity contribution >= 4 is 0 Å². The third kappa shape index (κ3) is 5.86. The van der Waals surface area contributed by atoms with Gasteiger partial charge >= 0.3 is 0 Å². The normalized spacial score (nSPS) is 18.4. The average molecular weight is 210 g/mol. The van der Waals surface area contributed by atoms with E-state index in [0.29, 0.717) is 0 Å². The van der Waals surface area contributed by atoms with Gasteiger partial charge in [0.1, 0.15) is 0 Å². The Morgan fingerprint density at radius 1 is 1.33 bits per heavy atom. The summed E-state index contributed by atoms with van der Waals surface area (Å²) in [5.74, 6) is 2.08. The van der Waals surface area contributed by atoms with E-state index in [0.717, 1.165) is 12.5 Å². The smallest absolute Gasteiger partial charge is 0.0919 e. The predicted molar refractivity (Wildman–Crippen MR) is 65.8 cm³/mol. The first-order valence-electron chi connectivity index (χ1n) is 6.64. The fraction of sp³-hybridized carbons (Fsp3) is 0.857. The highest BCUT2D eigenvalue weighted by molar-refractivity contribution is 4.96. The largest absolute Gasteiger partial charge is 0.498 e. The molecule has 0 bridgehead atoms. The Bertz CT molecular complexity index is 184. The Labute approximate surface area is 94.9 Å². The van der Waals surface area contributed by atoms with Gasteiger partial charge in [-0.2, -0.15) is 0 Å². The quantitative estimate of drug-likeness (QED) is 0.593. The highest BCUT2D eigenvalue weighted by Gasteiger charge is 2.06. The molecule has 0 aromatic rings. The van der Waals surface area contributed by atoms with Gasteiger partial charge in [0.05, 0.1) is 12.4 Å². The maximum Gasteiger partial charge on any atom is 0.0919 e. The molecule has 0 saturated heterocycles. The van der Waals surface area contributed by atoms with Gasteiger partial charge in [-0.25, -0.2) is 0 Å². The maximum absolute atomic E-state index is 5.79. The second-order valence-electron chi connectivity index (χ2n) is 4.80. The molecule has 15 heavy (non-hydrogen) atoms. The molecule has 0 heterocycles. The van der Waals surface area contributed by atoms with Crippen molar-refractivity contribution in [2.24, 2.45) is 5.92 Å². The van der Waals surface area contributed by atoms with Crippen LogP contribution in [-0.4, -0.2) is 6.61 Å².